The van der Waals surface area contributed by atoms with E-state index in [0.717, 1.165) is 50.6 Å². The number of H-pyrrole nitrogens is 1. The number of aliphatic hydroxyl groups is 1. The minimum absolute atomic E-state index is 0.225. The van der Waals surface area contributed by atoms with Gasteiger partial charge in [0.1, 0.15) is 5.75 Å². The molecule has 2 heterocycles. The van der Waals surface area contributed by atoms with Crippen LogP contribution in [-0.4, -0.2) is 64.0 Å². The Hall–Kier alpha value is -1.89. The van der Waals surface area contributed by atoms with Crippen LogP contribution in [0, 0.1) is 0 Å². The van der Waals surface area contributed by atoms with Crippen LogP contribution in [0.4, 0.5) is 0 Å². The van der Waals surface area contributed by atoms with Crippen LogP contribution in [0.1, 0.15) is 24.6 Å². The van der Waals surface area contributed by atoms with E-state index in [-0.39, 0.29) is 6.61 Å². The van der Waals surface area contributed by atoms with Crippen LogP contribution in [0.15, 0.2) is 36.5 Å². The number of nitrogens with one attached hydrogen (secondary N) is 1. The van der Waals surface area contributed by atoms with Crippen molar-refractivity contribution in [1.29, 1.82) is 0 Å². The van der Waals surface area contributed by atoms with Crippen molar-refractivity contribution in [3.8, 4) is 5.75 Å². The fourth-order valence-corrected chi connectivity index (χ4v) is 3.44. The first-order chi connectivity index (χ1) is 12.3. The molecule has 1 unspecified atom stereocenters. The number of benzene rings is 1. The van der Waals surface area contributed by atoms with Crippen LogP contribution < -0.4 is 4.74 Å². The van der Waals surface area contributed by atoms with Crippen molar-refractivity contribution in [3.63, 3.8) is 0 Å². The van der Waals surface area contributed by atoms with Crippen molar-refractivity contribution in [2.45, 2.75) is 32.5 Å². The molecule has 0 spiro atoms. The van der Waals surface area contributed by atoms with E-state index < -0.39 is 0 Å². The van der Waals surface area contributed by atoms with Crippen molar-refractivity contribution < 1.29 is 9.84 Å². The molecule has 2 N–H and O–H groups in total. The lowest BCUT2D eigenvalue weighted by atomic mass is 10.1. The largest absolute Gasteiger partial charge is 0.494 e. The smallest absolute Gasteiger partial charge is 0.119 e. The molecule has 1 saturated heterocycles. The molecule has 1 aliphatic heterocycles. The Bertz CT molecular complexity index is 615. The predicted octanol–water partition coefficient (Wildman–Crippen LogP) is 1.88. The summed E-state index contributed by atoms with van der Waals surface area (Å²) in [7, 11) is 0. The molecular weight excluding hydrogens is 316 g/mol. The summed E-state index contributed by atoms with van der Waals surface area (Å²) in [6.07, 6.45) is 2.60. The van der Waals surface area contributed by atoms with Gasteiger partial charge in [-0.15, -0.1) is 0 Å². The summed E-state index contributed by atoms with van der Waals surface area (Å²) >= 11 is 0. The first kappa shape index (κ1) is 17.9. The highest BCUT2D eigenvalue weighted by Crippen LogP contribution is 2.19. The predicted molar refractivity (Wildman–Crippen MR) is 97.4 cm³/mol. The average molecular weight is 344 g/mol. The highest BCUT2D eigenvalue weighted by atomic mass is 16.5. The highest BCUT2D eigenvalue weighted by Gasteiger charge is 2.26. The van der Waals surface area contributed by atoms with Gasteiger partial charge in [0.15, 0.2) is 0 Å². The normalized spacial score (nSPS) is 19.2. The zero-order valence-electron chi connectivity index (χ0n) is 14.9. The number of nitrogens with zero attached hydrogens (tertiary/aromatic N) is 3. The van der Waals surface area contributed by atoms with E-state index in [1.807, 2.05) is 25.1 Å². The van der Waals surface area contributed by atoms with Crippen molar-refractivity contribution in [2.24, 2.45) is 0 Å². The van der Waals surface area contributed by atoms with Crippen molar-refractivity contribution >= 4 is 0 Å². The van der Waals surface area contributed by atoms with Crippen LogP contribution in [0.2, 0.25) is 0 Å². The Morgan fingerprint density at radius 3 is 2.72 bits per heavy atom. The Balaban J connectivity index is 1.58. The van der Waals surface area contributed by atoms with Gasteiger partial charge in [0.25, 0.3) is 0 Å². The lowest BCUT2D eigenvalue weighted by Gasteiger charge is -2.41. The van der Waals surface area contributed by atoms with Crippen molar-refractivity contribution in [1.82, 2.24) is 20.0 Å². The van der Waals surface area contributed by atoms with Gasteiger partial charge in [-0.05, 0) is 37.1 Å². The molecule has 0 bridgehead atoms. The molecule has 6 nitrogen and oxygen atoms in total. The molecule has 0 saturated carbocycles. The Labute approximate surface area is 149 Å². The number of aromatic nitrogens is 2. The lowest BCUT2D eigenvalue weighted by molar-refractivity contribution is 0.0494. The molecule has 0 aliphatic carbocycles. The van der Waals surface area contributed by atoms with E-state index in [9.17, 15) is 5.11 Å². The molecule has 1 aromatic heterocycles. The molecular formula is C19H28N4O2. The van der Waals surface area contributed by atoms with Gasteiger partial charge < -0.3 is 9.84 Å². The Morgan fingerprint density at radius 1 is 1.20 bits per heavy atom. The number of aliphatic hydroxyl groups excluding tert-OH is 1. The first-order valence-electron chi connectivity index (χ1n) is 9.05. The van der Waals surface area contributed by atoms with Gasteiger partial charge in [-0.3, -0.25) is 14.9 Å². The van der Waals surface area contributed by atoms with E-state index in [4.69, 9.17) is 4.74 Å². The zero-order valence-corrected chi connectivity index (χ0v) is 14.9. The van der Waals surface area contributed by atoms with E-state index in [2.05, 4.69) is 32.1 Å². The van der Waals surface area contributed by atoms with Crippen LogP contribution in [0.3, 0.4) is 0 Å². The van der Waals surface area contributed by atoms with Gasteiger partial charge in [-0.1, -0.05) is 12.1 Å². The number of rotatable bonds is 8. The zero-order chi connectivity index (χ0) is 17.5. The molecule has 1 atom stereocenters. The number of ether oxygens (including phenoxy) is 1. The third-order valence-corrected chi connectivity index (χ3v) is 4.72. The maximum absolute atomic E-state index is 9.46. The molecule has 0 amide bonds. The van der Waals surface area contributed by atoms with Gasteiger partial charge in [-0.2, -0.15) is 5.10 Å². The summed E-state index contributed by atoms with van der Waals surface area (Å²) in [5.74, 6) is 0.919. The maximum atomic E-state index is 9.46. The third-order valence-electron chi connectivity index (χ3n) is 4.72. The van der Waals surface area contributed by atoms with Crippen LogP contribution >= 0.6 is 0 Å². The molecule has 3 rings (SSSR count). The van der Waals surface area contributed by atoms with E-state index in [1.54, 1.807) is 6.20 Å². The van der Waals surface area contributed by atoms with Crippen molar-refractivity contribution in [3.05, 3.63) is 47.8 Å². The van der Waals surface area contributed by atoms with Gasteiger partial charge in [-0.25, -0.2) is 0 Å². The van der Waals surface area contributed by atoms with Gasteiger partial charge in [0, 0.05) is 57.3 Å². The van der Waals surface area contributed by atoms with E-state index >= 15 is 0 Å². The third kappa shape index (κ3) is 5.04. The summed E-state index contributed by atoms with van der Waals surface area (Å²) in [6.45, 7) is 7.71. The van der Waals surface area contributed by atoms with Gasteiger partial charge in [0.2, 0.25) is 0 Å². The molecule has 1 aliphatic rings. The summed E-state index contributed by atoms with van der Waals surface area (Å²) in [4.78, 5) is 4.91. The fourth-order valence-electron chi connectivity index (χ4n) is 3.44. The summed E-state index contributed by atoms with van der Waals surface area (Å²) < 4.78 is 5.51. The van der Waals surface area contributed by atoms with Crippen LogP contribution in [0.25, 0.3) is 0 Å². The number of aromatic amines is 1. The Kier molecular flexibility index (Phi) is 6.44. The first-order valence-corrected chi connectivity index (χ1v) is 9.05. The molecule has 2 aromatic rings. The van der Waals surface area contributed by atoms with Crippen molar-refractivity contribution in [2.75, 3.05) is 32.8 Å². The van der Waals surface area contributed by atoms with Crippen LogP contribution in [-0.2, 0) is 13.1 Å². The molecule has 1 aromatic carbocycles. The number of hydrogen-bond acceptors (Lipinski definition) is 5. The second-order valence-electron chi connectivity index (χ2n) is 6.53. The highest BCUT2D eigenvalue weighted by molar-refractivity contribution is 5.27. The number of piperazine rings is 1. The van der Waals surface area contributed by atoms with E-state index in [1.165, 1.54) is 5.56 Å². The molecule has 136 valence electrons. The SMILES string of the molecule is CCOc1ccc(CN2CCN(Cc3ccn[nH]3)CC2CCO)cc1. The summed E-state index contributed by atoms with van der Waals surface area (Å²) in [5.41, 5.74) is 2.43. The van der Waals surface area contributed by atoms with Gasteiger partial charge in [0.05, 0.1) is 6.61 Å². The topological polar surface area (TPSA) is 64.6 Å². The van der Waals surface area contributed by atoms with Crippen LogP contribution in [0.5, 0.6) is 5.75 Å². The second kappa shape index (κ2) is 8.99. The minimum Gasteiger partial charge on any atom is -0.494 e. The fraction of sp³-hybridized carbons (Fsp3) is 0.526. The molecule has 6 heteroatoms. The maximum Gasteiger partial charge on any atom is 0.119 e. The number of hydrogen-bond donors (Lipinski definition) is 2. The standard InChI is InChI=1S/C19H28N4O2/c1-2-25-19-5-3-16(4-6-19)13-23-11-10-22(15-18(23)8-12-24)14-17-7-9-20-21-17/h3-7,9,18,24H,2,8,10-15H2,1H3,(H,20,21). The summed E-state index contributed by atoms with van der Waals surface area (Å²) in [5, 5.41) is 16.5. The van der Waals surface area contributed by atoms with E-state index in [0.29, 0.717) is 12.6 Å². The lowest BCUT2D eigenvalue weighted by Crippen LogP contribution is -2.52. The summed E-state index contributed by atoms with van der Waals surface area (Å²) in [6, 6.07) is 10.7. The molecule has 0 radical (unpaired) electrons. The average Bonchev–Trinajstić information content (AvgIpc) is 3.12. The molecule has 25 heavy (non-hydrogen) atoms. The quantitative estimate of drug-likeness (QED) is 0.765. The molecule has 1 fully saturated rings. The second-order valence-corrected chi connectivity index (χ2v) is 6.53. The Morgan fingerprint density at radius 2 is 2.04 bits per heavy atom. The minimum atomic E-state index is 0.225. The van der Waals surface area contributed by atoms with Gasteiger partial charge >= 0.3 is 0 Å². The monoisotopic (exact) mass is 344 g/mol.